The van der Waals surface area contributed by atoms with Gasteiger partial charge in [0.1, 0.15) is 28.8 Å². The molecule has 0 radical (unpaired) electrons. The fraction of sp³-hybridized carbons (Fsp3) is 0.333. The Hall–Kier alpha value is -3.29. The second-order valence-electron chi connectivity index (χ2n) is 7.78. The molecule has 3 aromatic rings. The van der Waals surface area contributed by atoms with Crippen LogP contribution in [0.4, 0.5) is 8.78 Å². The third-order valence-electron chi connectivity index (χ3n) is 4.47. The van der Waals surface area contributed by atoms with E-state index in [1.54, 1.807) is 13.1 Å². The van der Waals surface area contributed by atoms with Gasteiger partial charge in [-0.1, -0.05) is 11.6 Å². The summed E-state index contributed by atoms with van der Waals surface area (Å²) in [4.78, 5) is 16.2. The van der Waals surface area contributed by atoms with Crippen molar-refractivity contribution in [2.45, 2.75) is 45.4 Å². The van der Waals surface area contributed by atoms with E-state index in [1.165, 1.54) is 36.9 Å². The van der Waals surface area contributed by atoms with Gasteiger partial charge in [0.15, 0.2) is 5.82 Å². The van der Waals surface area contributed by atoms with E-state index < -0.39 is 27.8 Å². The molecule has 0 saturated heterocycles. The van der Waals surface area contributed by atoms with Gasteiger partial charge in [-0.2, -0.15) is 10.4 Å². The lowest BCUT2D eigenvalue weighted by Crippen LogP contribution is -2.36. The normalized spacial score (nSPS) is 12.4. The molecule has 1 aromatic carbocycles. The summed E-state index contributed by atoms with van der Waals surface area (Å²) in [5, 5.41) is 25.1. The van der Waals surface area contributed by atoms with Gasteiger partial charge in [0.2, 0.25) is 11.8 Å². The Morgan fingerprint density at radius 1 is 1.47 bits per heavy atom. The Bertz CT molecular complexity index is 1190. The first-order valence-electron chi connectivity index (χ1n) is 9.58. The highest BCUT2D eigenvalue weighted by Gasteiger charge is 2.23. The summed E-state index contributed by atoms with van der Waals surface area (Å²) in [5.41, 5.74) is -1.85. The van der Waals surface area contributed by atoms with E-state index in [9.17, 15) is 18.7 Å². The fourth-order valence-corrected chi connectivity index (χ4v) is 3.21. The summed E-state index contributed by atoms with van der Waals surface area (Å²) in [6.45, 7) is 5.05. The van der Waals surface area contributed by atoms with Crippen LogP contribution in [0.3, 0.4) is 0 Å². The number of nitrogens with one attached hydrogen (secondary N) is 1. The summed E-state index contributed by atoms with van der Waals surface area (Å²) >= 11 is 5.75. The van der Waals surface area contributed by atoms with E-state index in [0.717, 1.165) is 6.07 Å². The summed E-state index contributed by atoms with van der Waals surface area (Å²) in [5.74, 6) is -1.78. The molecule has 0 bridgehead atoms. The third-order valence-corrected chi connectivity index (χ3v) is 4.82. The monoisotopic (exact) mass is 463 g/mol. The van der Waals surface area contributed by atoms with Crippen LogP contribution in [-0.2, 0) is 23.4 Å². The lowest BCUT2D eigenvalue weighted by Gasteiger charge is -2.14. The molecule has 32 heavy (non-hydrogen) atoms. The number of amides is 1. The van der Waals surface area contributed by atoms with Gasteiger partial charge in [-0.05, 0) is 32.9 Å². The maximum absolute atomic E-state index is 14.5. The molecule has 8 nitrogen and oxygen atoms in total. The van der Waals surface area contributed by atoms with Crippen molar-refractivity contribution in [2.24, 2.45) is 0 Å². The molecule has 2 N–H and O–H groups in total. The zero-order valence-corrected chi connectivity index (χ0v) is 18.2. The number of halogens is 3. The molecule has 3 rings (SSSR count). The minimum absolute atomic E-state index is 0.0635. The molecular weight excluding hydrogens is 444 g/mol. The van der Waals surface area contributed by atoms with E-state index in [2.05, 4.69) is 15.4 Å². The Kier molecular flexibility index (Phi) is 6.62. The van der Waals surface area contributed by atoms with Gasteiger partial charge in [0, 0.05) is 17.8 Å². The Morgan fingerprint density at radius 2 is 2.19 bits per heavy atom. The molecule has 168 valence electrons. The number of aromatic nitrogens is 3. The number of hydrogen-bond acceptors (Lipinski definition) is 6. The second-order valence-corrected chi connectivity index (χ2v) is 8.16. The molecule has 0 aliphatic carbocycles. The topological polar surface area (TPSA) is 117 Å². The lowest BCUT2D eigenvalue weighted by molar-refractivity contribution is -0.121. The number of aliphatic hydroxyl groups is 1. The lowest BCUT2D eigenvalue weighted by atomic mass is 10.1. The van der Waals surface area contributed by atoms with E-state index in [-0.39, 0.29) is 42.1 Å². The average Bonchev–Trinajstić information content (AvgIpc) is 3.34. The highest BCUT2D eigenvalue weighted by molar-refractivity contribution is 6.32. The molecule has 1 amide bonds. The molecule has 11 heteroatoms. The standard InChI is InChI=1S/C21H20ClF2N5O3/c1-11(27-17(30)6-12-9-26-20(32-12)21(2,3)31)10-29-5-4-16(28-29)13-7-15(23)14(8-25)18(22)19(13)24/h4-5,7,9,11,31H,6,10H2,1-3H3,(H,27,30)/t11-/m0/s1. The van der Waals surface area contributed by atoms with Gasteiger partial charge in [0.05, 0.1) is 29.9 Å². The molecular formula is C21H20ClF2N5O3. The van der Waals surface area contributed by atoms with E-state index in [4.69, 9.17) is 21.3 Å². The van der Waals surface area contributed by atoms with Crippen molar-refractivity contribution in [3.63, 3.8) is 0 Å². The van der Waals surface area contributed by atoms with Crippen LogP contribution < -0.4 is 5.32 Å². The first kappa shape index (κ1) is 23.4. The fourth-order valence-electron chi connectivity index (χ4n) is 2.97. The van der Waals surface area contributed by atoms with Gasteiger partial charge >= 0.3 is 0 Å². The summed E-state index contributed by atoms with van der Waals surface area (Å²) in [7, 11) is 0. The van der Waals surface area contributed by atoms with E-state index in [0.29, 0.717) is 5.76 Å². The molecule has 0 aliphatic rings. The summed E-state index contributed by atoms with van der Waals surface area (Å²) in [6.07, 6.45) is 2.87. The maximum Gasteiger partial charge on any atom is 0.227 e. The average molecular weight is 464 g/mol. The van der Waals surface area contributed by atoms with Crippen molar-refractivity contribution in [3.05, 3.63) is 58.4 Å². The molecule has 2 heterocycles. The number of nitrogens with zero attached hydrogens (tertiary/aromatic N) is 4. The van der Waals surface area contributed by atoms with Crippen molar-refractivity contribution in [1.82, 2.24) is 20.1 Å². The molecule has 0 aliphatic heterocycles. The predicted octanol–water partition coefficient (Wildman–Crippen LogP) is 3.32. The van der Waals surface area contributed by atoms with Crippen LogP contribution in [-0.4, -0.2) is 31.8 Å². The third kappa shape index (κ3) is 5.12. The summed E-state index contributed by atoms with van der Waals surface area (Å²) in [6, 6.07) is 3.52. The van der Waals surface area contributed by atoms with Gasteiger partial charge in [-0.15, -0.1) is 0 Å². The van der Waals surface area contributed by atoms with Crippen molar-refractivity contribution >= 4 is 17.5 Å². The highest BCUT2D eigenvalue weighted by Crippen LogP contribution is 2.31. The molecule has 0 unspecified atom stereocenters. The van der Waals surface area contributed by atoms with Crippen LogP contribution in [0.25, 0.3) is 11.3 Å². The van der Waals surface area contributed by atoms with Crippen molar-refractivity contribution in [1.29, 1.82) is 5.26 Å². The number of rotatable bonds is 7. The molecule has 0 spiro atoms. The van der Waals surface area contributed by atoms with Crippen LogP contribution in [0.15, 0.2) is 28.9 Å². The molecule has 0 saturated carbocycles. The first-order valence-corrected chi connectivity index (χ1v) is 9.95. The first-order chi connectivity index (χ1) is 15.0. The number of benzene rings is 1. The van der Waals surface area contributed by atoms with E-state index >= 15 is 0 Å². The quantitative estimate of drug-likeness (QED) is 0.519. The van der Waals surface area contributed by atoms with Crippen LogP contribution >= 0.6 is 11.6 Å². The summed E-state index contributed by atoms with van der Waals surface area (Å²) < 4.78 is 35.3. The van der Waals surface area contributed by atoms with Gasteiger partial charge < -0.3 is 14.8 Å². The van der Waals surface area contributed by atoms with Gasteiger partial charge in [-0.3, -0.25) is 9.48 Å². The Balaban J connectivity index is 1.64. The number of carbonyl (C=O) groups excluding carboxylic acids is 1. The maximum atomic E-state index is 14.5. The number of carbonyl (C=O) groups is 1. The Labute approximate surface area is 187 Å². The molecule has 2 aromatic heterocycles. The van der Waals surface area contributed by atoms with E-state index in [1.807, 2.05) is 0 Å². The minimum atomic E-state index is -1.25. The van der Waals surface area contributed by atoms with Crippen LogP contribution in [0.1, 0.15) is 38.0 Å². The number of nitriles is 1. The van der Waals surface area contributed by atoms with Crippen molar-refractivity contribution in [2.75, 3.05) is 0 Å². The van der Waals surface area contributed by atoms with Gasteiger partial charge in [-0.25, -0.2) is 13.8 Å². The van der Waals surface area contributed by atoms with Gasteiger partial charge in [0.25, 0.3) is 0 Å². The molecule has 1 atom stereocenters. The predicted molar refractivity (Wildman–Crippen MR) is 110 cm³/mol. The zero-order chi connectivity index (χ0) is 23.6. The second kappa shape index (κ2) is 9.06. The number of hydrogen-bond donors (Lipinski definition) is 2. The van der Waals surface area contributed by atoms with Crippen LogP contribution in [0.2, 0.25) is 5.02 Å². The van der Waals surface area contributed by atoms with Crippen molar-refractivity contribution in [3.8, 4) is 17.3 Å². The number of oxazole rings is 1. The highest BCUT2D eigenvalue weighted by atomic mass is 35.5. The minimum Gasteiger partial charge on any atom is -0.442 e. The Morgan fingerprint density at radius 3 is 2.81 bits per heavy atom. The largest absolute Gasteiger partial charge is 0.442 e. The zero-order valence-electron chi connectivity index (χ0n) is 17.5. The smallest absolute Gasteiger partial charge is 0.227 e. The molecule has 0 fully saturated rings. The SMILES string of the molecule is C[C@@H](Cn1ccc(-c2cc(F)c(C#N)c(Cl)c2F)n1)NC(=O)Cc1cnc(C(C)(C)O)o1. The van der Waals surface area contributed by atoms with Crippen LogP contribution in [0.5, 0.6) is 0 Å². The van der Waals surface area contributed by atoms with Crippen LogP contribution in [0, 0.1) is 23.0 Å². The van der Waals surface area contributed by atoms with Crippen molar-refractivity contribution < 1.29 is 23.1 Å².